The van der Waals surface area contributed by atoms with Gasteiger partial charge in [0, 0.05) is 58.9 Å². The standard InChI is InChI=1S/C22H30FN5O3S/c1-26-12-14-28(15-13-26)21-10-5-18(16-24-21)17-25-22(29)4-3-11-27(2)32(30,31)20-8-6-19(23)7-9-20/h5-10,16H,3-4,11-15,17H2,1-2H3,(H,25,29). The van der Waals surface area contributed by atoms with Gasteiger partial charge in [-0.2, -0.15) is 0 Å². The number of likely N-dealkylation sites (N-methyl/N-ethyl adjacent to an activating group) is 1. The van der Waals surface area contributed by atoms with Crippen LogP contribution in [0.25, 0.3) is 0 Å². The predicted octanol–water partition coefficient (Wildman–Crippen LogP) is 1.69. The number of pyridine rings is 1. The molecule has 0 radical (unpaired) electrons. The van der Waals surface area contributed by atoms with Crippen molar-refractivity contribution >= 4 is 21.7 Å². The van der Waals surface area contributed by atoms with E-state index in [9.17, 15) is 17.6 Å². The van der Waals surface area contributed by atoms with E-state index in [0.29, 0.717) is 13.0 Å². The van der Waals surface area contributed by atoms with Gasteiger partial charge in [-0.25, -0.2) is 22.1 Å². The molecule has 0 spiro atoms. The van der Waals surface area contributed by atoms with E-state index >= 15 is 0 Å². The zero-order chi connectivity index (χ0) is 23.1. The summed E-state index contributed by atoms with van der Waals surface area (Å²) in [6.07, 6.45) is 2.36. The van der Waals surface area contributed by atoms with Crippen LogP contribution in [0.1, 0.15) is 18.4 Å². The first-order valence-corrected chi connectivity index (χ1v) is 12.1. The first kappa shape index (κ1) is 24.1. The first-order valence-electron chi connectivity index (χ1n) is 10.6. The molecule has 2 aromatic rings. The third-order valence-corrected chi connectivity index (χ3v) is 7.40. The smallest absolute Gasteiger partial charge is 0.242 e. The number of anilines is 1. The molecule has 1 N–H and O–H groups in total. The van der Waals surface area contributed by atoms with E-state index in [4.69, 9.17) is 0 Å². The van der Waals surface area contributed by atoms with Crippen LogP contribution in [0.4, 0.5) is 10.2 Å². The normalized spacial score (nSPS) is 15.2. The number of halogens is 1. The minimum Gasteiger partial charge on any atom is -0.354 e. The minimum atomic E-state index is -3.71. The van der Waals surface area contributed by atoms with Crippen LogP contribution in [-0.4, -0.2) is 75.3 Å². The average Bonchev–Trinajstić information content (AvgIpc) is 2.79. The topological polar surface area (TPSA) is 85.9 Å². The van der Waals surface area contributed by atoms with E-state index in [1.165, 1.54) is 23.5 Å². The monoisotopic (exact) mass is 463 g/mol. The van der Waals surface area contributed by atoms with E-state index in [-0.39, 0.29) is 23.8 Å². The van der Waals surface area contributed by atoms with Crippen LogP contribution in [0.5, 0.6) is 0 Å². The summed E-state index contributed by atoms with van der Waals surface area (Å²) < 4.78 is 39.2. The van der Waals surface area contributed by atoms with Crippen molar-refractivity contribution in [3.8, 4) is 0 Å². The van der Waals surface area contributed by atoms with Crippen LogP contribution in [0, 0.1) is 5.82 Å². The van der Waals surface area contributed by atoms with E-state index < -0.39 is 15.8 Å². The lowest BCUT2D eigenvalue weighted by atomic mass is 10.2. The molecule has 3 rings (SSSR count). The first-order chi connectivity index (χ1) is 15.3. The Morgan fingerprint density at radius 3 is 2.44 bits per heavy atom. The van der Waals surface area contributed by atoms with Crippen LogP contribution >= 0.6 is 0 Å². The quantitative estimate of drug-likeness (QED) is 0.609. The van der Waals surface area contributed by atoms with Crippen LogP contribution in [-0.2, 0) is 21.4 Å². The summed E-state index contributed by atoms with van der Waals surface area (Å²) in [5.41, 5.74) is 0.909. The molecular formula is C22H30FN5O3S. The molecule has 1 amide bonds. The van der Waals surface area contributed by atoms with E-state index in [1.807, 2.05) is 12.1 Å². The molecule has 2 heterocycles. The lowest BCUT2D eigenvalue weighted by molar-refractivity contribution is -0.121. The Balaban J connectivity index is 1.40. The Kier molecular flexibility index (Phi) is 8.16. The number of nitrogens with one attached hydrogen (secondary N) is 1. The van der Waals surface area contributed by atoms with Gasteiger partial charge < -0.3 is 15.1 Å². The van der Waals surface area contributed by atoms with Crippen molar-refractivity contribution in [2.45, 2.75) is 24.3 Å². The van der Waals surface area contributed by atoms with Gasteiger partial charge in [0.1, 0.15) is 11.6 Å². The van der Waals surface area contributed by atoms with Crippen molar-refractivity contribution in [3.05, 3.63) is 54.0 Å². The molecule has 1 aromatic heterocycles. The second kappa shape index (κ2) is 10.8. The summed E-state index contributed by atoms with van der Waals surface area (Å²) >= 11 is 0. The highest BCUT2D eigenvalue weighted by atomic mass is 32.2. The van der Waals surface area contributed by atoms with Crippen molar-refractivity contribution in [1.82, 2.24) is 19.5 Å². The van der Waals surface area contributed by atoms with Gasteiger partial charge in [0.15, 0.2) is 0 Å². The Hall–Kier alpha value is -2.56. The highest BCUT2D eigenvalue weighted by Crippen LogP contribution is 2.16. The molecule has 0 atom stereocenters. The number of piperazine rings is 1. The van der Waals surface area contributed by atoms with Gasteiger partial charge in [-0.3, -0.25) is 4.79 Å². The second-order valence-corrected chi connectivity index (χ2v) is 10.0. The maximum absolute atomic E-state index is 13.0. The maximum atomic E-state index is 13.0. The fourth-order valence-corrected chi connectivity index (χ4v) is 4.61. The number of sulfonamides is 1. The van der Waals surface area contributed by atoms with E-state index in [2.05, 4.69) is 27.1 Å². The number of carbonyl (C=O) groups is 1. The van der Waals surface area contributed by atoms with Crippen LogP contribution < -0.4 is 10.2 Å². The summed E-state index contributed by atoms with van der Waals surface area (Å²) in [5, 5.41) is 2.85. The molecule has 1 fully saturated rings. The van der Waals surface area contributed by atoms with Crippen molar-refractivity contribution in [2.24, 2.45) is 0 Å². The zero-order valence-electron chi connectivity index (χ0n) is 18.5. The maximum Gasteiger partial charge on any atom is 0.242 e. The van der Waals surface area contributed by atoms with Gasteiger partial charge in [-0.15, -0.1) is 0 Å². The van der Waals surface area contributed by atoms with Crippen molar-refractivity contribution < 1.29 is 17.6 Å². The molecule has 174 valence electrons. The molecule has 10 heteroatoms. The minimum absolute atomic E-state index is 0.0263. The molecule has 0 aliphatic carbocycles. The third-order valence-electron chi connectivity index (χ3n) is 5.52. The molecule has 1 aromatic carbocycles. The Bertz CT molecular complexity index is 991. The van der Waals surface area contributed by atoms with E-state index in [0.717, 1.165) is 49.7 Å². The summed E-state index contributed by atoms with van der Waals surface area (Å²) in [7, 11) is -0.147. The largest absolute Gasteiger partial charge is 0.354 e. The number of benzene rings is 1. The molecule has 32 heavy (non-hydrogen) atoms. The number of aromatic nitrogens is 1. The van der Waals surface area contributed by atoms with Gasteiger partial charge in [-0.05, 0) is 49.4 Å². The average molecular weight is 464 g/mol. The highest BCUT2D eigenvalue weighted by Gasteiger charge is 2.20. The lowest BCUT2D eigenvalue weighted by Gasteiger charge is -2.33. The molecule has 1 saturated heterocycles. The molecular weight excluding hydrogens is 433 g/mol. The number of hydrogen-bond donors (Lipinski definition) is 1. The van der Waals surface area contributed by atoms with E-state index in [1.54, 1.807) is 6.20 Å². The predicted molar refractivity (Wildman–Crippen MR) is 121 cm³/mol. The number of rotatable bonds is 9. The molecule has 1 aliphatic heterocycles. The Labute approximate surface area is 189 Å². The SMILES string of the molecule is CN1CCN(c2ccc(CNC(=O)CCCN(C)S(=O)(=O)c3ccc(F)cc3)cn2)CC1. The molecule has 0 unspecified atom stereocenters. The van der Waals surface area contributed by atoms with Crippen LogP contribution in [0.2, 0.25) is 0 Å². The number of hydrogen-bond acceptors (Lipinski definition) is 6. The fraction of sp³-hybridized carbons (Fsp3) is 0.455. The van der Waals surface area contributed by atoms with Crippen LogP contribution in [0.3, 0.4) is 0 Å². The van der Waals surface area contributed by atoms with Gasteiger partial charge >= 0.3 is 0 Å². The summed E-state index contributed by atoms with van der Waals surface area (Å²) in [6, 6.07) is 8.63. The molecule has 8 nitrogen and oxygen atoms in total. The van der Waals surface area contributed by atoms with Gasteiger partial charge in [0.25, 0.3) is 0 Å². The van der Waals surface area contributed by atoms with Crippen LogP contribution in [0.15, 0.2) is 47.5 Å². The summed E-state index contributed by atoms with van der Waals surface area (Å²) in [6.45, 7) is 4.49. The lowest BCUT2D eigenvalue weighted by Crippen LogP contribution is -2.44. The second-order valence-electron chi connectivity index (χ2n) is 7.98. The fourth-order valence-electron chi connectivity index (χ4n) is 3.40. The highest BCUT2D eigenvalue weighted by molar-refractivity contribution is 7.89. The van der Waals surface area contributed by atoms with Gasteiger partial charge in [0.05, 0.1) is 4.90 Å². The Morgan fingerprint density at radius 1 is 1.12 bits per heavy atom. The number of carbonyl (C=O) groups excluding carboxylic acids is 1. The Morgan fingerprint density at radius 2 is 1.81 bits per heavy atom. The van der Waals surface area contributed by atoms with Gasteiger partial charge in [-0.1, -0.05) is 6.07 Å². The van der Waals surface area contributed by atoms with Gasteiger partial charge in [0.2, 0.25) is 15.9 Å². The number of amides is 1. The summed E-state index contributed by atoms with van der Waals surface area (Å²) in [5.74, 6) is 0.298. The van der Waals surface area contributed by atoms with Crippen molar-refractivity contribution in [3.63, 3.8) is 0 Å². The third kappa shape index (κ3) is 6.47. The molecule has 0 bridgehead atoms. The van der Waals surface area contributed by atoms with Crippen molar-refractivity contribution in [2.75, 3.05) is 51.7 Å². The number of nitrogens with zero attached hydrogens (tertiary/aromatic N) is 4. The molecule has 1 aliphatic rings. The van der Waals surface area contributed by atoms with Crippen molar-refractivity contribution in [1.29, 1.82) is 0 Å². The molecule has 0 saturated carbocycles. The zero-order valence-corrected chi connectivity index (χ0v) is 19.3. The summed E-state index contributed by atoms with van der Waals surface area (Å²) in [4.78, 5) is 21.2.